The third-order valence-corrected chi connectivity index (χ3v) is 5.99. The molecule has 2 atom stereocenters. The molecule has 2 N–H and O–H groups in total. The number of carbonyl (C=O) groups excluding carboxylic acids is 1. The molecule has 160 valence electrons. The highest BCUT2D eigenvalue weighted by Crippen LogP contribution is 2.35. The quantitative estimate of drug-likeness (QED) is 0.740. The maximum atomic E-state index is 14.6. The first-order valence-electron chi connectivity index (χ1n) is 10.0. The number of aliphatic carboxylic acids is 1. The summed E-state index contributed by atoms with van der Waals surface area (Å²) >= 11 is 0. The number of carboxylic acids is 1. The van der Waals surface area contributed by atoms with E-state index in [2.05, 4.69) is 10.4 Å². The highest BCUT2D eigenvalue weighted by atomic mass is 19.3. The van der Waals surface area contributed by atoms with Crippen molar-refractivity contribution in [1.29, 1.82) is 0 Å². The van der Waals surface area contributed by atoms with Crippen molar-refractivity contribution in [3.63, 3.8) is 0 Å². The zero-order valence-corrected chi connectivity index (χ0v) is 16.2. The highest BCUT2D eigenvalue weighted by Gasteiger charge is 2.44. The van der Waals surface area contributed by atoms with Crippen molar-refractivity contribution >= 4 is 11.9 Å². The Labute approximate surface area is 171 Å². The number of hydrogen-bond donors (Lipinski definition) is 2. The van der Waals surface area contributed by atoms with Gasteiger partial charge in [-0.3, -0.25) is 9.59 Å². The predicted octanol–water partition coefficient (Wildman–Crippen LogP) is 3.51. The van der Waals surface area contributed by atoms with E-state index in [4.69, 9.17) is 5.11 Å². The van der Waals surface area contributed by atoms with E-state index < -0.39 is 42.0 Å². The van der Waals surface area contributed by atoms with Gasteiger partial charge in [0.2, 0.25) is 0 Å². The number of benzene rings is 1. The van der Waals surface area contributed by atoms with Gasteiger partial charge in [-0.15, -0.1) is 0 Å². The smallest absolute Gasteiger partial charge is 0.306 e. The van der Waals surface area contributed by atoms with Gasteiger partial charge in [-0.05, 0) is 56.7 Å². The van der Waals surface area contributed by atoms with Gasteiger partial charge in [-0.25, -0.2) is 17.9 Å². The van der Waals surface area contributed by atoms with Crippen LogP contribution >= 0.6 is 0 Å². The second-order valence-electron chi connectivity index (χ2n) is 7.96. The van der Waals surface area contributed by atoms with Crippen molar-refractivity contribution in [3.05, 3.63) is 47.0 Å². The molecule has 1 aromatic heterocycles. The van der Waals surface area contributed by atoms with Crippen LogP contribution in [0, 0.1) is 11.7 Å². The van der Waals surface area contributed by atoms with Crippen LogP contribution in [0.3, 0.4) is 0 Å². The fourth-order valence-electron chi connectivity index (χ4n) is 4.36. The number of alkyl halides is 2. The monoisotopic (exact) mass is 421 g/mol. The Hall–Kier alpha value is -2.84. The minimum atomic E-state index is -3.20. The lowest BCUT2D eigenvalue weighted by atomic mass is 10.0. The molecule has 1 saturated carbocycles. The fourth-order valence-corrected chi connectivity index (χ4v) is 4.36. The van der Waals surface area contributed by atoms with Crippen molar-refractivity contribution in [2.24, 2.45) is 5.92 Å². The number of amides is 1. The summed E-state index contributed by atoms with van der Waals surface area (Å²) in [6.07, 6.45) is 1.28. The number of nitrogens with zero attached hydrogens (tertiary/aromatic N) is 2. The number of carbonyl (C=O) groups is 2. The average Bonchev–Trinajstić information content (AvgIpc) is 3.25. The molecule has 9 heteroatoms. The largest absolute Gasteiger partial charge is 0.481 e. The number of fused-ring (bicyclic) bond motifs is 1. The van der Waals surface area contributed by atoms with Gasteiger partial charge >= 0.3 is 5.97 Å². The lowest BCUT2D eigenvalue weighted by Crippen LogP contribution is -2.47. The summed E-state index contributed by atoms with van der Waals surface area (Å²) in [4.78, 5) is 24.1. The van der Waals surface area contributed by atoms with Crippen LogP contribution < -0.4 is 5.32 Å². The average molecular weight is 421 g/mol. The van der Waals surface area contributed by atoms with E-state index in [1.54, 1.807) is 12.1 Å². The van der Waals surface area contributed by atoms with Gasteiger partial charge in [0.1, 0.15) is 5.82 Å². The summed E-state index contributed by atoms with van der Waals surface area (Å²) in [5.74, 6) is -6.28. The molecule has 2 aliphatic carbocycles. The standard InChI is InChI=1S/C21H22F3N3O3/c22-13-3-1-4-14(11-13)27-16-6-2-5-15(16)18(26-27)19(28)25-17-8-7-12(20(29)30)9-10-21(17,23)24/h1,3-4,11-12,17H,2,5-10H2,(H,25,28)(H,29,30)/t12-,17-/m1/s1. The van der Waals surface area contributed by atoms with Gasteiger partial charge in [0.25, 0.3) is 11.8 Å². The first-order valence-corrected chi connectivity index (χ1v) is 10.0. The van der Waals surface area contributed by atoms with Crippen molar-refractivity contribution in [2.45, 2.75) is 56.9 Å². The molecule has 2 aliphatic rings. The van der Waals surface area contributed by atoms with Gasteiger partial charge in [0.05, 0.1) is 17.6 Å². The Bertz CT molecular complexity index is 989. The van der Waals surface area contributed by atoms with Crippen molar-refractivity contribution in [3.8, 4) is 5.69 Å². The Balaban J connectivity index is 1.60. The van der Waals surface area contributed by atoms with Gasteiger partial charge in [-0.2, -0.15) is 5.10 Å². The SMILES string of the molecule is O=C(N[C@@H]1CC[C@@H](C(=O)O)CCC1(F)F)c1nn(-c2cccc(F)c2)c2c1CCC2. The molecule has 30 heavy (non-hydrogen) atoms. The van der Waals surface area contributed by atoms with Crippen LogP contribution in [0.4, 0.5) is 13.2 Å². The van der Waals surface area contributed by atoms with E-state index >= 15 is 0 Å². The molecule has 0 aliphatic heterocycles. The molecule has 2 aromatic rings. The lowest BCUT2D eigenvalue weighted by molar-refractivity contribution is -0.142. The van der Waals surface area contributed by atoms with E-state index in [0.29, 0.717) is 24.1 Å². The van der Waals surface area contributed by atoms with Gasteiger partial charge in [0, 0.05) is 17.7 Å². The highest BCUT2D eigenvalue weighted by molar-refractivity contribution is 5.94. The van der Waals surface area contributed by atoms with E-state index in [-0.39, 0.29) is 25.0 Å². The zero-order valence-electron chi connectivity index (χ0n) is 16.2. The molecule has 0 radical (unpaired) electrons. The third kappa shape index (κ3) is 3.80. The molecular weight excluding hydrogens is 399 g/mol. The van der Waals surface area contributed by atoms with Crippen LogP contribution in [0.2, 0.25) is 0 Å². The predicted molar refractivity (Wildman–Crippen MR) is 101 cm³/mol. The van der Waals surface area contributed by atoms with E-state index in [1.807, 2.05) is 0 Å². The molecule has 1 aromatic carbocycles. The van der Waals surface area contributed by atoms with Gasteiger partial charge < -0.3 is 10.4 Å². The van der Waals surface area contributed by atoms with E-state index in [9.17, 15) is 22.8 Å². The number of rotatable bonds is 4. The summed E-state index contributed by atoms with van der Waals surface area (Å²) in [6, 6.07) is 4.36. The Kier molecular flexibility index (Phi) is 5.29. The van der Waals surface area contributed by atoms with Crippen LogP contribution in [0.25, 0.3) is 5.69 Å². The first kappa shape index (κ1) is 20.4. The van der Waals surface area contributed by atoms with Crippen LogP contribution in [-0.4, -0.2) is 38.7 Å². The molecular formula is C21H22F3N3O3. The normalized spacial score (nSPS) is 22.9. The summed E-state index contributed by atoms with van der Waals surface area (Å²) < 4.78 is 44.3. The Morgan fingerprint density at radius 2 is 2.00 bits per heavy atom. The molecule has 6 nitrogen and oxygen atoms in total. The zero-order chi connectivity index (χ0) is 21.5. The summed E-state index contributed by atoms with van der Waals surface area (Å²) in [5.41, 5.74) is 2.01. The van der Waals surface area contributed by atoms with Gasteiger partial charge in [0.15, 0.2) is 5.69 Å². The maximum absolute atomic E-state index is 14.6. The first-order chi connectivity index (χ1) is 14.3. The molecule has 1 fully saturated rings. The number of halogens is 3. The van der Waals surface area contributed by atoms with Gasteiger partial charge in [-0.1, -0.05) is 6.07 Å². The van der Waals surface area contributed by atoms with Crippen LogP contribution in [0.15, 0.2) is 24.3 Å². The second kappa shape index (κ2) is 7.77. The second-order valence-corrected chi connectivity index (χ2v) is 7.96. The molecule has 0 saturated heterocycles. The summed E-state index contributed by atoms with van der Waals surface area (Å²) in [7, 11) is 0. The molecule has 0 unspecified atom stereocenters. The topological polar surface area (TPSA) is 84.2 Å². The van der Waals surface area contributed by atoms with Crippen molar-refractivity contribution in [2.75, 3.05) is 0 Å². The van der Waals surface area contributed by atoms with Crippen LogP contribution in [0.5, 0.6) is 0 Å². The molecule has 1 amide bonds. The number of aromatic nitrogens is 2. The summed E-state index contributed by atoms with van der Waals surface area (Å²) in [5, 5.41) is 15.9. The Morgan fingerprint density at radius 1 is 1.20 bits per heavy atom. The van der Waals surface area contributed by atoms with E-state index in [0.717, 1.165) is 12.1 Å². The maximum Gasteiger partial charge on any atom is 0.306 e. The Morgan fingerprint density at radius 3 is 2.73 bits per heavy atom. The minimum Gasteiger partial charge on any atom is -0.481 e. The minimum absolute atomic E-state index is 0.0709. The van der Waals surface area contributed by atoms with E-state index in [1.165, 1.54) is 16.8 Å². The fraction of sp³-hybridized carbons (Fsp3) is 0.476. The number of carboxylic acid groups (broad SMARTS) is 1. The van der Waals surface area contributed by atoms with Crippen molar-refractivity contribution in [1.82, 2.24) is 15.1 Å². The van der Waals surface area contributed by atoms with Crippen molar-refractivity contribution < 1.29 is 27.9 Å². The molecule has 4 rings (SSSR count). The third-order valence-electron chi connectivity index (χ3n) is 5.99. The lowest BCUT2D eigenvalue weighted by Gasteiger charge is -2.25. The number of hydrogen-bond acceptors (Lipinski definition) is 3. The summed E-state index contributed by atoms with van der Waals surface area (Å²) in [6.45, 7) is 0. The van der Waals surface area contributed by atoms with Crippen LogP contribution in [-0.2, 0) is 17.6 Å². The van der Waals surface area contributed by atoms with Crippen LogP contribution in [0.1, 0.15) is 53.8 Å². The molecule has 0 spiro atoms. The number of nitrogens with one attached hydrogen (secondary N) is 1. The molecule has 1 heterocycles. The molecule has 0 bridgehead atoms.